The molecule has 1 fully saturated rings. The van der Waals surface area contributed by atoms with Gasteiger partial charge in [-0.1, -0.05) is 18.2 Å². The van der Waals surface area contributed by atoms with E-state index in [2.05, 4.69) is 4.98 Å². The molecule has 2 aliphatic rings. The summed E-state index contributed by atoms with van der Waals surface area (Å²) in [4.78, 5) is 44.4. The van der Waals surface area contributed by atoms with E-state index in [1.54, 1.807) is 53.3 Å². The summed E-state index contributed by atoms with van der Waals surface area (Å²) >= 11 is 0. The van der Waals surface area contributed by atoms with Crippen molar-refractivity contribution >= 4 is 18.0 Å². The highest BCUT2D eigenvalue weighted by molar-refractivity contribution is 6.00. The van der Waals surface area contributed by atoms with E-state index in [4.69, 9.17) is 4.74 Å². The molecule has 4 rings (SSSR count). The number of carboxylic acids is 1. The molecule has 3 heterocycles. The summed E-state index contributed by atoms with van der Waals surface area (Å²) in [6, 6.07) is 9.75. The molecule has 2 N–H and O–H groups in total. The number of likely N-dealkylation sites (tertiary alicyclic amines) is 1. The summed E-state index contributed by atoms with van der Waals surface area (Å²) in [5.41, 5.74) is 1.66. The van der Waals surface area contributed by atoms with Crippen molar-refractivity contribution in [3.8, 4) is 0 Å². The smallest absolute Gasteiger partial charge is 0.409 e. The first kappa shape index (κ1) is 20.0. The van der Waals surface area contributed by atoms with Crippen LogP contribution in [0.15, 0.2) is 42.6 Å². The number of nitrogens with one attached hydrogen (secondary N) is 1. The number of carbonyl (C=O) groups excluding carboxylic acids is 2. The Morgan fingerprint density at radius 1 is 1.17 bits per heavy atom. The Bertz CT molecular complexity index is 934. The van der Waals surface area contributed by atoms with Gasteiger partial charge in [0.15, 0.2) is 0 Å². The van der Waals surface area contributed by atoms with E-state index >= 15 is 0 Å². The Labute approximate surface area is 174 Å². The van der Waals surface area contributed by atoms with E-state index in [9.17, 15) is 19.5 Å². The first-order valence-electron chi connectivity index (χ1n) is 10.2. The summed E-state index contributed by atoms with van der Waals surface area (Å²) in [6.07, 6.45) is 2.52. The van der Waals surface area contributed by atoms with Crippen molar-refractivity contribution in [2.45, 2.75) is 37.8 Å². The average molecular weight is 411 g/mol. The van der Waals surface area contributed by atoms with Gasteiger partial charge in [0.25, 0.3) is 5.91 Å². The molecule has 0 spiro atoms. The van der Waals surface area contributed by atoms with E-state index in [1.807, 2.05) is 6.07 Å². The van der Waals surface area contributed by atoms with Crippen LogP contribution in [0.25, 0.3) is 0 Å². The Morgan fingerprint density at radius 3 is 2.53 bits per heavy atom. The van der Waals surface area contributed by atoms with Gasteiger partial charge in [-0.25, -0.2) is 4.79 Å². The molecule has 8 heteroatoms. The Balaban J connectivity index is 1.70. The van der Waals surface area contributed by atoms with Crippen LogP contribution >= 0.6 is 0 Å². The van der Waals surface area contributed by atoms with Crippen molar-refractivity contribution in [3.05, 3.63) is 59.4 Å². The Kier molecular flexibility index (Phi) is 5.48. The van der Waals surface area contributed by atoms with E-state index in [1.165, 1.54) is 0 Å². The lowest BCUT2D eigenvalue weighted by atomic mass is 9.80. The molecule has 0 radical (unpaired) electrons. The number of fused-ring (bicyclic) bond motifs is 1. The lowest BCUT2D eigenvalue weighted by Crippen LogP contribution is -2.54. The van der Waals surface area contributed by atoms with Crippen LogP contribution in [-0.2, 0) is 9.53 Å². The zero-order valence-electron chi connectivity index (χ0n) is 16.8. The number of hydrogen-bond donors (Lipinski definition) is 2. The monoisotopic (exact) mass is 411 g/mol. The second-order valence-electron chi connectivity index (χ2n) is 7.60. The fraction of sp³-hybridized carbons (Fsp3) is 0.409. The predicted molar refractivity (Wildman–Crippen MR) is 108 cm³/mol. The van der Waals surface area contributed by atoms with Crippen molar-refractivity contribution in [1.29, 1.82) is 0 Å². The van der Waals surface area contributed by atoms with Gasteiger partial charge in [0.05, 0.1) is 12.6 Å². The molecule has 2 aliphatic heterocycles. The van der Waals surface area contributed by atoms with Gasteiger partial charge in [0, 0.05) is 36.6 Å². The normalized spacial score (nSPS) is 22.0. The van der Waals surface area contributed by atoms with Crippen LogP contribution in [-0.4, -0.2) is 63.6 Å². The molecular weight excluding hydrogens is 386 g/mol. The van der Waals surface area contributed by atoms with Crippen LogP contribution in [0.3, 0.4) is 0 Å². The van der Waals surface area contributed by atoms with Gasteiger partial charge in [-0.05, 0) is 43.5 Å². The van der Waals surface area contributed by atoms with Gasteiger partial charge >= 0.3 is 12.1 Å². The van der Waals surface area contributed by atoms with Crippen LogP contribution < -0.4 is 0 Å². The molecule has 1 aromatic heterocycles. The number of nitrogens with zero attached hydrogens (tertiary/aromatic N) is 2. The molecule has 1 saturated heterocycles. The van der Waals surface area contributed by atoms with Crippen LogP contribution in [0, 0.1) is 0 Å². The van der Waals surface area contributed by atoms with Gasteiger partial charge in [-0.2, -0.15) is 0 Å². The SMILES string of the molecule is CCOC(=O)N1CCC(N2C(=O)c3ccccc3C(C(=O)O)C2c2ccc[nH]2)CC1. The van der Waals surface area contributed by atoms with Crippen molar-refractivity contribution in [2.24, 2.45) is 0 Å². The molecule has 0 aliphatic carbocycles. The number of carbonyl (C=O) groups is 3. The van der Waals surface area contributed by atoms with Crippen molar-refractivity contribution in [3.63, 3.8) is 0 Å². The van der Waals surface area contributed by atoms with Crippen LogP contribution in [0.2, 0.25) is 0 Å². The predicted octanol–water partition coefficient (Wildman–Crippen LogP) is 3.00. The minimum Gasteiger partial charge on any atom is -0.481 e. The van der Waals surface area contributed by atoms with E-state index in [0.717, 1.165) is 0 Å². The molecule has 2 amide bonds. The first-order valence-corrected chi connectivity index (χ1v) is 10.2. The highest BCUT2D eigenvalue weighted by Crippen LogP contribution is 2.44. The summed E-state index contributed by atoms with van der Waals surface area (Å²) in [6.45, 7) is 3.01. The quantitative estimate of drug-likeness (QED) is 0.805. The summed E-state index contributed by atoms with van der Waals surface area (Å²) in [7, 11) is 0. The Morgan fingerprint density at radius 2 is 1.90 bits per heavy atom. The van der Waals surface area contributed by atoms with Crippen molar-refractivity contribution in [2.75, 3.05) is 19.7 Å². The van der Waals surface area contributed by atoms with Crippen LogP contribution in [0.4, 0.5) is 4.79 Å². The average Bonchev–Trinajstić information content (AvgIpc) is 3.28. The number of amides is 2. The molecule has 0 bridgehead atoms. The third-order valence-corrected chi connectivity index (χ3v) is 5.97. The minimum absolute atomic E-state index is 0.169. The second-order valence-corrected chi connectivity index (χ2v) is 7.60. The summed E-state index contributed by atoms with van der Waals surface area (Å²) in [5, 5.41) is 10.1. The number of ether oxygens (including phenoxy) is 1. The maximum Gasteiger partial charge on any atom is 0.409 e. The number of aromatic nitrogens is 1. The number of carboxylic acid groups (broad SMARTS) is 1. The van der Waals surface area contributed by atoms with Crippen molar-refractivity contribution in [1.82, 2.24) is 14.8 Å². The number of aromatic amines is 1. The van der Waals surface area contributed by atoms with Gasteiger partial charge in [0.2, 0.25) is 0 Å². The molecule has 2 atom stereocenters. The second kappa shape index (κ2) is 8.22. The van der Waals surface area contributed by atoms with E-state index in [0.29, 0.717) is 49.4 Å². The lowest BCUT2D eigenvalue weighted by Gasteiger charge is -2.46. The topological polar surface area (TPSA) is 103 Å². The number of hydrogen-bond acceptors (Lipinski definition) is 4. The summed E-state index contributed by atoms with van der Waals surface area (Å²) < 4.78 is 5.08. The largest absolute Gasteiger partial charge is 0.481 e. The highest BCUT2D eigenvalue weighted by Gasteiger charge is 2.47. The van der Waals surface area contributed by atoms with Gasteiger partial charge < -0.3 is 24.6 Å². The number of benzene rings is 1. The van der Waals surface area contributed by atoms with Gasteiger partial charge in [0.1, 0.15) is 5.92 Å². The van der Waals surface area contributed by atoms with Gasteiger partial charge in [-0.15, -0.1) is 0 Å². The fourth-order valence-corrected chi connectivity index (χ4v) is 4.62. The zero-order valence-corrected chi connectivity index (χ0v) is 16.8. The third-order valence-electron chi connectivity index (χ3n) is 5.97. The minimum atomic E-state index is -0.969. The van der Waals surface area contributed by atoms with E-state index in [-0.39, 0.29) is 18.0 Å². The van der Waals surface area contributed by atoms with Gasteiger partial charge in [-0.3, -0.25) is 9.59 Å². The number of rotatable bonds is 4. The Hall–Kier alpha value is -3.29. The number of aliphatic carboxylic acids is 1. The molecule has 158 valence electrons. The zero-order chi connectivity index (χ0) is 21.3. The standard InChI is InChI=1S/C22H25N3O5/c1-2-30-22(29)24-12-9-14(10-13-24)25-19(17-8-5-11-23-17)18(21(27)28)15-6-3-4-7-16(15)20(25)26/h3-8,11,14,18-19,23H,2,9-10,12-13H2,1H3,(H,27,28). The highest BCUT2D eigenvalue weighted by atomic mass is 16.6. The fourth-order valence-electron chi connectivity index (χ4n) is 4.62. The molecule has 30 heavy (non-hydrogen) atoms. The number of H-pyrrole nitrogens is 1. The number of piperidine rings is 1. The lowest BCUT2D eigenvalue weighted by molar-refractivity contribution is -0.141. The molecule has 8 nitrogen and oxygen atoms in total. The first-order chi connectivity index (χ1) is 14.5. The molecular formula is C22H25N3O5. The maximum absolute atomic E-state index is 13.5. The molecule has 1 aromatic carbocycles. The van der Waals surface area contributed by atoms with Crippen LogP contribution in [0.5, 0.6) is 0 Å². The summed E-state index contributed by atoms with van der Waals surface area (Å²) in [5.74, 6) is -2.01. The van der Waals surface area contributed by atoms with Crippen LogP contribution in [0.1, 0.15) is 53.3 Å². The molecule has 0 saturated carbocycles. The van der Waals surface area contributed by atoms with Crippen molar-refractivity contribution < 1.29 is 24.2 Å². The third kappa shape index (κ3) is 3.42. The maximum atomic E-state index is 13.5. The molecule has 2 unspecified atom stereocenters. The van der Waals surface area contributed by atoms with E-state index < -0.39 is 17.9 Å². The molecule has 2 aromatic rings.